The van der Waals surface area contributed by atoms with Gasteiger partial charge in [-0.05, 0) is 24.7 Å². The van der Waals surface area contributed by atoms with E-state index in [-0.39, 0.29) is 6.04 Å². The summed E-state index contributed by atoms with van der Waals surface area (Å²) in [7, 11) is 1.95. The molecule has 1 saturated carbocycles. The van der Waals surface area contributed by atoms with E-state index in [0.717, 1.165) is 18.3 Å². The van der Waals surface area contributed by atoms with Crippen LogP contribution < -0.4 is 5.84 Å². The second-order valence-electron chi connectivity index (χ2n) is 5.24. The Morgan fingerprint density at radius 3 is 2.50 bits per heavy atom. The Kier molecular flexibility index (Phi) is 2.33. The lowest BCUT2D eigenvalue weighted by Crippen LogP contribution is -2.43. The molecule has 2 rings (SSSR count). The first-order valence-electron chi connectivity index (χ1n) is 5.52. The molecular weight excluding hydrogens is 172 g/mol. The highest BCUT2D eigenvalue weighted by molar-refractivity contribution is 5.23. The van der Waals surface area contributed by atoms with Crippen molar-refractivity contribution in [1.29, 1.82) is 0 Å². The lowest BCUT2D eigenvalue weighted by Gasteiger charge is -2.29. The van der Waals surface area contributed by atoms with E-state index in [1.807, 2.05) is 12.1 Å². The molecule has 0 amide bonds. The molecule has 0 aromatic carbocycles. The Morgan fingerprint density at radius 1 is 1.36 bits per heavy atom. The van der Waals surface area contributed by atoms with Gasteiger partial charge in [0.25, 0.3) is 0 Å². The third-order valence-corrected chi connectivity index (χ3v) is 3.88. The van der Waals surface area contributed by atoms with Crippen molar-refractivity contribution in [3.8, 4) is 11.8 Å². The third-order valence-electron chi connectivity index (χ3n) is 3.88. The predicted molar refractivity (Wildman–Crippen MR) is 58.1 cm³/mol. The molecule has 0 heterocycles. The molecule has 4 atom stereocenters. The predicted octanol–water partition coefficient (Wildman–Crippen LogP) is 1.62. The number of nitrogens with two attached hydrogens (primary N) is 1. The minimum absolute atomic E-state index is 0.280. The molecule has 0 bridgehead atoms. The number of nitrogens with zero attached hydrogens (tertiary/aromatic N) is 1. The zero-order chi connectivity index (χ0) is 10.3. The third kappa shape index (κ3) is 1.45. The van der Waals surface area contributed by atoms with Crippen molar-refractivity contribution in [3.63, 3.8) is 0 Å². The van der Waals surface area contributed by atoms with Gasteiger partial charge in [0.05, 0.1) is 6.04 Å². The Balaban J connectivity index is 2.23. The van der Waals surface area contributed by atoms with Crippen LogP contribution in [0.3, 0.4) is 0 Å². The fraction of sp³-hybridized carbons (Fsp3) is 0.833. The lowest BCUT2D eigenvalue weighted by atomic mass is 9.85. The van der Waals surface area contributed by atoms with E-state index in [9.17, 15) is 0 Å². The highest BCUT2D eigenvalue weighted by Crippen LogP contribution is 2.60. The van der Waals surface area contributed by atoms with Crippen LogP contribution in [0.1, 0.15) is 33.1 Å². The maximum Gasteiger partial charge on any atom is 0.0903 e. The fourth-order valence-electron chi connectivity index (χ4n) is 2.99. The molecule has 0 saturated heterocycles. The number of hydrazine groups is 1. The zero-order valence-electron chi connectivity index (χ0n) is 9.38. The summed E-state index contributed by atoms with van der Waals surface area (Å²) >= 11 is 0. The van der Waals surface area contributed by atoms with Gasteiger partial charge in [0.1, 0.15) is 0 Å². The van der Waals surface area contributed by atoms with E-state index < -0.39 is 0 Å². The molecule has 2 N–H and O–H groups in total. The van der Waals surface area contributed by atoms with Gasteiger partial charge in [-0.25, -0.2) is 5.01 Å². The lowest BCUT2D eigenvalue weighted by molar-refractivity contribution is 0.177. The number of rotatable bonds is 1. The molecule has 1 fully saturated rings. The van der Waals surface area contributed by atoms with Gasteiger partial charge in [-0.15, -0.1) is 5.92 Å². The minimum Gasteiger partial charge on any atom is -0.268 e. The van der Waals surface area contributed by atoms with Crippen LogP contribution in [0.5, 0.6) is 0 Å². The summed E-state index contributed by atoms with van der Waals surface area (Å²) in [6.07, 6.45) is 3.62. The summed E-state index contributed by atoms with van der Waals surface area (Å²) in [5.74, 6) is 14.0. The van der Waals surface area contributed by atoms with E-state index in [0.29, 0.717) is 5.41 Å². The first-order valence-corrected chi connectivity index (χ1v) is 5.52. The minimum atomic E-state index is 0.280. The second kappa shape index (κ2) is 3.25. The maximum atomic E-state index is 5.89. The first-order chi connectivity index (χ1) is 6.56. The summed E-state index contributed by atoms with van der Waals surface area (Å²) in [5, 5.41) is 1.81. The standard InChI is InChI=1S/C12H20N2/c1-9-5-4-6-11(14(3)13)12(7-9)8-10(12)2/h9-11H,5,7-8,13H2,1-3H3/t9-,10?,11?,12?/m0/s1. The molecule has 2 nitrogen and oxygen atoms in total. The molecule has 0 aliphatic heterocycles. The van der Waals surface area contributed by atoms with Gasteiger partial charge in [-0.2, -0.15) is 0 Å². The largest absolute Gasteiger partial charge is 0.268 e. The average molecular weight is 192 g/mol. The van der Waals surface area contributed by atoms with Crippen LogP contribution in [0, 0.1) is 29.1 Å². The quantitative estimate of drug-likeness (QED) is 0.388. The average Bonchev–Trinajstić information content (AvgIpc) is 2.74. The Labute approximate surface area is 86.8 Å². The van der Waals surface area contributed by atoms with Crippen LogP contribution in [0.25, 0.3) is 0 Å². The summed E-state index contributed by atoms with van der Waals surface area (Å²) in [6, 6.07) is 0.280. The molecule has 2 heteroatoms. The fourth-order valence-corrected chi connectivity index (χ4v) is 2.99. The van der Waals surface area contributed by atoms with Crippen LogP contribution >= 0.6 is 0 Å². The maximum absolute atomic E-state index is 5.89. The van der Waals surface area contributed by atoms with Gasteiger partial charge >= 0.3 is 0 Å². The Morgan fingerprint density at radius 2 is 2.00 bits per heavy atom. The van der Waals surface area contributed by atoms with Gasteiger partial charge in [0.2, 0.25) is 0 Å². The molecule has 2 aliphatic carbocycles. The number of hydrogen-bond acceptors (Lipinski definition) is 2. The van der Waals surface area contributed by atoms with Crippen LogP contribution in [-0.2, 0) is 0 Å². The van der Waals surface area contributed by atoms with Crippen LogP contribution in [0.4, 0.5) is 0 Å². The second-order valence-corrected chi connectivity index (χ2v) is 5.24. The summed E-state index contributed by atoms with van der Waals surface area (Å²) < 4.78 is 0. The molecular formula is C12H20N2. The van der Waals surface area contributed by atoms with Crippen molar-refractivity contribution in [2.45, 2.75) is 39.2 Å². The van der Waals surface area contributed by atoms with Crippen molar-refractivity contribution >= 4 is 0 Å². The Hall–Kier alpha value is -0.520. The van der Waals surface area contributed by atoms with Crippen molar-refractivity contribution in [2.75, 3.05) is 7.05 Å². The van der Waals surface area contributed by atoms with Crippen LogP contribution in [-0.4, -0.2) is 18.1 Å². The molecule has 14 heavy (non-hydrogen) atoms. The van der Waals surface area contributed by atoms with Crippen LogP contribution in [0.15, 0.2) is 0 Å². The monoisotopic (exact) mass is 192 g/mol. The molecule has 2 aliphatic rings. The topological polar surface area (TPSA) is 29.3 Å². The van der Waals surface area contributed by atoms with E-state index in [1.165, 1.54) is 12.8 Å². The van der Waals surface area contributed by atoms with Gasteiger partial charge in [0, 0.05) is 18.9 Å². The first kappa shape index (κ1) is 10.0. The van der Waals surface area contributed by atoms with Gasteiger partial charge < -0.3 is 0 Å². The Bertz CT molecular complexity index is 286. The van der Waals surface area contributed by atoms with E-state index in [2.05, 4.69) is 25.7 Å². The van der Waals surface area contributed by atoms with Gasteiger partial charge in [-0.3, -0.25) is 5.84 Å². The SMILES string of the molecule is CC1CC12C[C@@H](C)CC#CC2N(C)N. The summed E-state index contributed by atoms with van der Waals surface area (Å²) in [5.41, 5.74) is 0.409. The molecule has 0 aromatic rings. The van der Waals surface area contributed by atoms with E-state index >= 15 is 0 Å². The van der Waals surface area contributed by atoms with Gasteiger partial charge in [-0.1, -0.05) is 19.8 Å². The van der Waals surface area contributed by atoms with E-state index in [4.69, 9.17) is 5.84 Å². The van der Waals surface area contributed by atoms with Gasteiger partial charge in [0.15, 0.2) is 0 Å². The molecule has 3 unspecified atom stereocenters. The zero-order valence-corrected chi connectivity index (χ0v) is 9.38. The molecule has 1 spiro atoms. The molecule has 78 valence electrons. The van der Waals surface area contributed by atoms with Crippen molar-refractivity contribution < 1.29 is 0 Å². The smallest absolute Gasteiger partial charge is 0.0903 e. The summed E-state index contributed by atoms with van der Waals surface area (Å²) in [6.45, 7) is 4.64. The highest BCUT2D eigenvalue weighted by Gasteiger charge is 2.57. The highest BCUT2D eigenvalue weighted by atomic mass is 15.4. The summed E-state index contributed by atoms with van der Waals surface area (Å²) in [4.78, 5) is 0. The molecule has 0 aromatic heterocycles. The van der Waals surface area contributed by atoms with Crippen molar-refractivity contribution in [3.05, 3.63) is 0 Å². The normalized spacial score (nSPS) is 45.9. The number of hydrogen-bond donors (Lipinski definition) is 1. The van der Waals surface area contributed by atoms with Crippen LogP contribution in [0.2, 0.25) is 0 Å². The van der Waals surface area contributed by atoms with E-state index in [1.54, 1.807) is 0 Å². The molecule has 0 radical (unpaired) electrons. The van der Waals surface area contributed by atoms with Crippen molar-refractivity contribution in [1.82, 2.24) is 5.01 Å². The van der Waals surface area contributed by atoms with Crippen molar-refractivity contribution in [2.24, 2.45) is 23.1 Å².